The van der Waals surface area contributed by atoms with Crippen LogP contribution in [0.4, 0.5) is 5.82 Å². The van der Waals surface area contributed by atoms with Crippen LogP contribution >= 0.6 is 15.9 Å². The Labute approximate surface area is 204 Å². The van der Waals surface area contributed by atoms with Crippen LogP contribution in [0, 0.1) is 22.7 Å². The summed E-state index contributed by atoms with van der Waals surface area (Å²) in [5.41, 5.74) is 7.76. The number of hydrogen-bond acceptors (Lipinski definition) is 8. The van der Waals surface area contributed by atoms with Crippen LogP contribution in [0.2, 0.25) is 0 Å². The topological polar surface area (TPSA) is 136 Å². The Morgan fingerprint density at radius 1 is 1.24 bits per heavy atom. The fourth-order valence-electron chi connectivity index (χ4n) is 3.08. The van der Waals surface area contributed by atoms with Crippen LogP contribution in [0.5, 0.6) is 11.5 Å². The van der Waals surface area contributed by atoms with E-state index in [-0.39, 0.29) is 35.9 Å². The van der Waals surface area contributed by atoms with Gasteiger partial charge in [0.25, 0.3) is 0 Å². The zero-order valence-corrected chi connectivity index (χ0v) is 20.0. The minimum Gasteiger partial charge on any atom is -0.493 e. The number of methoxy groups -OCH3 is 1. The Kier molecular flexibility index (Phi) is 7.91. The lowest BCUT2D eigenvalue weighted by atomic mass is 10.1. The maximum Gasteiger partial charge on any atom is 0.344 e. The van der Waals surface area contributed by atoms with E-state index in [2.05, 4.69) is 27.1 Å². The minimum absolute atomic E-state index is 0.0918. The van der Waals surface area contributed by atoms with Gasteiger partial charge in [-0.15, -0.1) is 0 Å². The maximum atomic E-state index is 11.6. The number of esters is 1. The van der Waals surface area contributed by atoms with E-state index in [4.69, 9.17) is 19.9 Å². The molecule has 0 amide bonds. The predicted molar refractivity (Wildman–Crippen MR) is 129 cm³/mol. The van der Waals surface area contributed by atoms with Crippen molar-refractivity contribution in [3.63, 3.8) is 0 Å². The molecule has 0 aliphatic carbocycles. The number of ether oxygens (including phenoxy) is 3. The summed E-state index contributed by atoms with van der Waals surface area (Å²) in [6.45, 7) is 1.67. The van der Waals surface area contributed by atoms with Gasteiger partial charge in [0.15, 0.2) is 18.1 Å². The second kappa shape index (κ2) is 11.0. The average Bonchev–Trinajstić information content (AvgIpc) is 3.18. The quantitative estimate of drug-likeness (QED) is 0.345. The SMILES string of the molecule is CCOC(=O)COc1cc(Br)c(C=C(C#N)c2nn(-c3ccccc3)c(N)c2C#N)cc1OC. The van der Waals surface area contributed by atoms with E-state index >= 15 is 0 Å². The van der Waals surface area contributed by atoms with Crippen LogP contribution in [-0.4, -0.2) is 36.1 Å². The first-order valence-electron chi connectivity index (χ1n) is 10.1. The molecule has 2 aromatic carbocycles. The number of rotatable bonds is 8. The number of carbonyl (C=O) groups excluding carboxylic acids is 1. The van der Waals surface area contributed by atoms with Gasteiger partial charge in [-0.1, -0.05) is 34.1 Å². The van der Waals surface area contributed by atoms with E-state index in [0.717, 1.165) is 0 Å². The Balaban J connectivity index is 2.03. The number of nitrogen functional groups attached to an aromatic ring is 1. The van der Waals surface area contributed by atoms with E-state index in [1.807, 2.05) is 24.3 Å². The number of benzene rings is 2. The average molecular weight is 522 g/mol. The third-order valence-corrected chi connectivity index (χ3v) is 5.33. The van der Waals surface area contributed by atoms with Crippen LogP contribution in [-0.2, 0) is 9.53 Å². The highest BCUT2D eigenvalue weighted by Crippen LogP contribution is 2.36. The lowest BCUT2D eigenvalue weighted by Crippen LogP contribution is -2.15. The predicted octanol–water partition coefficient (Wildman–Crippen LogP) is 4.10. The third kappa shape index (κ3) is 5.20. The van der Waals surface area contributed by atoms with Gasteiger partial charge in [-0.2, -0.15) is 15.6 Å². The molecule has 3 aromatic rings. The minimum atomic E-state index is -0.507. The maximum absolute atomic E-state index is 11.6. The van der Waals surface area contributed by atoms with Gasteiger partial charge in [-0.25, -0.2) is 9.48 Å². The second-order valence-corrected chi connectivity index (χ2v) is 7.61. The first-order chi connectivity index (χ1) is 16.4. The van der Waals surface area contributed by atoms with Crippen molar-refractivity contribution in [3.05, 3.63) is 63.8 Å². The lowest BCUT2D eigenvalue weighted by Gasteiger charge is -2.12. The van der Waals surface area contributed by atoms with E-state index in [1.165, 1.54) is 11.8 Å². The molecule has 172 valence electrons. The number of carbonyl (C=O) groups is 1. The van der Waals surface area contributed by atoms with Crippen LogP contribution in [0.3, 0.4) is 0 Å². The number of nitriles is 2. The number of aromatic nitrogens is 2. The first kappa shape index (κ1) is 24.4. The third-order valence-electron chi connectivity index (χ3n) is 4.64. The summed E-state index contributed by atoms with van der Waals surface area (Å²) in [6.07, 6.45) is 1.56. The zero-order chi connectivity index (χ0) is 24.7. The number of anilines is 1. The monoisotopic (exact) mass is 521 g/mol. The molecule has 1 aromatic heterocycles. The van der Waals surface area contributed by atoms with Crippen LogP contribution in [0.15, 0.2) is 46.9 Å². The van der Waals surface area contributed by atoms with Gasteiger partial charge < -0.3 is 19.9 Å². The Bertz CT molecular complexity index is 1320. The fourth-order valence-corrected chi connectivity index (χ4v) is 3.51. The van der Waals surface area contributed by atoms with E-state index in [1.54, 1.807) is 37.3 Å². The Morgan fingerprint density at radius 3 is 2.59 bits per heavy atom. The molecule has 0 aliphatic rings. The number of halogens is 1. The lowest BCUT2D eigenvalue weighted by molar-refractivity contribution is -0.145. The van der Waals surface area contributed by atoms with Crippen LogP contribution in [0.25, 0.3) is 17.3 Å². The molecule has 0 aliphatic heterocycles. The Morgan fingerprint density at radius 2 is 1.97 bits per heavy atom. The number of nitrogens with zero attached hydrogens (tertiary/aromatic N) is 4. The molecular weight excluding hydrogens is 502 g/mol. The van der Waals surface area contributed by atoms with Gasteiger partial charge in [0, 0.05) is 4.47 Å². The van der Waals surface area contributed by atoms with Gasteiger partial charge in [0.2, 0.25) is 0 Å². The molecule has 0 atom stereocenters. The first-order valence-corrected chi connectivity index (χ1v) is 10.8. The van der Waals surface area contributed by atoms with Gasteiger partial charge in [0.1, 0.15) is 29.2 Å². The molecule has 0 saturated heterocycles. The van der Waals surface area contributed by atoms with Crippen molar-refractivity contribution < 1.29 is 19.0 Å². The molecule has 1 heterocycles. The highest BCUT2D eigenvalue weighted by molar-refractivity contribution is 9.10. The number of hydrogen-bond donors (Lipinski definition) is 1. The molecule has 0 bridgehead atoms. The summed E-state index contributed by atoms with van der Waals surface area (Å²) in [5.74, 6) is 0.274. The van der Waals surface area contributed by atoms with Gasteiger partial charge >= 0.3 is 5.97 Å². The van der Waals surface area contributed by atoms with E-state index in [0.29, 0.717) is 27.2 Å². The van der Waals surface area contributed by atoms with Gasteiger partial charge in [-0.3, -0.25) is 0 Å². The zero-order valence-electron chi connectivity index (χ0n) is 18.4. The molecule has 34 heavy (non-hydrogen) atoms. The second-order valence-electron chi connectivity index (χ2n) is 6.76. The van der Waals surface area contributed by atoms with Crippen molar-refractivity contribution >= 4 is 39.4 Å². The van der Waals surface area contributed by atoms with Crippen molar-refractivity contribution in [2.24, 2.45) is 0 Å². The molecule has 10 heteroatoms. The molecule has 0 unspecified atom stereocenters. The van der Waals surface area contributed by atoms with Crippen molar-refractivity contribution in [1.82, 2.24) is 9.78 Å². The van der Waals surface area contributed by atoms with Crippen LogP contribution in [0.1, 0.15) is 23.7 Å². The van der Waals surface area contributed by atoms with Gasteiger partial charge in [0.05, 0.1) is 25.0 Å². The summed E-state index contributed by atoms with van der Waals surface area (Å²) in [4.78, 5) is 11.6. The molecule has 0 saturated carbocycles. The smallest absolute Gasteiger partial charge is 0.344 e. The van der Waals surface area contributed by atoms with E-state index in [9.17, 15) is 15.3 Å². The fraction of sp³-hybridized carbons (Fsp3) is 0.167. The molecule has 3 rings (SSSR count). The van der Waals surface area contributed by atoms with Gasteiger partial charge in [-0.05, 0) is 42.8 Å². The van der Waals surface area contributed by atoms with Crippen molar-refractivity contribution in [2.45, 2.75) is 6.92 Å². The molecule has 0 fully saturated rings. The molecular formula is C24H20BrN5O4. The Hall–Kier alpha value is -4.28. The highest BCUT2D eigenvalue weighted by atomic mass is 79.9. The highest BCUT2D eigenvalue weighted by Gasteiger charge is 2.21. The normalized spacial score (nSPS) is 10.8. The summed E-state index contributed by atoms with van der Waals surface area (Å²) in [7, 11) is 1.45. The summed E-state index contributed by atoms with van der Waals surface area (Å²) in [5, 5.41) is 24.0. The molecule has 9 nitrogen and oxygen atoms in total. The van der Waals surface area contributed by atoms with Crippen molar-refractivity contribution in [1.29, 1.82) is 10.5 Å². The molecule has 0 radical (unpaired) electrons. The van der Waals surface area contributed by atoms with Crippen LogP contribution < -0.4 is 15.2 Å². The number of allylic oxidation sites excluding steroid dienone is 1. The molecule has 2 N–H and O–H groups in total. The summed E-state index contributed by atoms with van der Waals surface area (Å²) in [6, 6.07) is 16.4. The summed E-state index contributed by atoms with van der Waals surface area (Å²) >= 11 is 3.45. The van der Waals surface area contributed by atoms with Crippen molar-refractivity contribution in [3.8, 4) is 29.3 Å². The number of para-hydroxylation sites is 1. The molecule has 0 spiro atoms. The van der Waals surface area contributed by atoms with E-state index < -0.39 is 5.97 Å². The standard InChI is InChI=1S/C24H20BrN5O4/c1-3-33-22(31)14-34-21-11-19(25)15(10-20(21)32-2)9-16(12-26)23-18(13-27)24(28)30(29-23)17-7-5-4-6-8-17/h4-11H,3,14,28H2,1-2H3. The van der Waals surface area contributed by atoms with Crippen molar-refractivity contribution in [2.75, 3.05) is 26.1 Å². The largest absolute Gasteiger partial charge is 0.493 e. The number of nitrogens with two attached hydrogens (primary N) is 1. The summed E-state index contributed by atoms with van der Waals surface area (Å²) < 4.78 is 17.7.